The van der Waals surface area contributed by atoms with Crippen molar-refractivity contribution < 1.29 is 22.7 Å². The lowest BCUT2D eigenvalue weighted by Gasteiger charge is -2.26. The summed E-state index contributed by atoms with van der Waals surface area (Å²) in [5.74, 6) is 0.356. The lowest BCUT2D eigenvalue weighted by Crippen LogP contribution is -2.40. The lowest BCUT2D eigenvalue weighted by molar-refractivity contribution is 0.0730. The van der Waals surface area contributed by atoms with E-state index in [0.29, 0.717) is 55.4 Å². The van der Waals surface area contributed by atoms with Crippen LogP contribution in [-0.2, 0) is 21.3 Å². The maximum atomic E-state index is 13.6. The van der Waals surface area contributed by atoms with Gasteiger partial charge >= 0.3 is 0 Å². The molecule has 2 heterocycles. The predicted octanol–water partition coefficient (Wildman–Crippen LogP) is 4.50. The molecule has 1 fully saturated rings. The molecule has 0 saturated carbocycles. The molecule has 10 heteroatoms. The average molecular weight is 561 g/mol. The molecule has 208 valence electrons. The zero-order valence-corrected chi connectivity index (χ0v) is 23.6. The molecular formula is C30H32N4O5S. The van der Waals surface area contributed by atoms with Crippen molar-refractivity contribution in [2.75, 3.05) is 38.7 Å². The zero-order chi connectivity index (χ0) is 28.3. The van der Waals surface area contributed by atoms with E-state index in [1.54, 1.807) is 37.0 Å². The molecule has 0 atom stereocenters. The number of amides is 1. The van der Waals surface area contributed by atoms with Crippen molar-refractivity contribution in [2.24, 2.45) is 0 Å². The summed E-state index contributed by atoms with van der Waals surface area (Å²) in [6, 6.07) is 20.4. The van der Waals surface area contributed by atoms with E-state index in [-0.39, 0.29) is 10.8 Å². The molecule has 4 aromatic rings. The molecule has 0 spiro atoms. The number of carbonyl (C=O) groups excluding carboxylic acids is 1. The van der Waals surface area contributed by atoms with Gasteiger partial charge in [0.25, 0.3) is 5.91 Å². The van der Waals surface area contributed by atoms with Crippen LogP contribution in [0.1, 0.15) is 27.0 Å². The third-order valence-corrected chi connectivity index (χ3v) is 8.88. The second kappa shape index (κ2) is 11.6. The zero-order valence-electron chi connectivity index (χ0n) is 22.8. The molecule has 5 rings (SSSR count). The van der Waals surface area contributed by atoms with Crippen molar-refractivity contribution in [2.45, 2.75) is 25.3 Å². The molecule has 0 aliphatic carbocycles. The van der Waals surface area contributed by atoms with Gasteiger partial charge in [-0.1, -0.05) is 48.0 Å². The van der Waals surface area contributed by atoms with Crippen molar-refractivity contribution in [3.8, 4) is 17.0 Å². The Morgan fingerprint density at radius 2 is 1.77 bits per heavy atom. The highest BCUT2D eigenvalue weighted by Gasteiger charge is 2.28. The standard InChI is InChI=1S/C30H32N4O5S/c1-21-7-10-24(11-8-21)29-27(20-33(32-29)19-23-5-4-6-26(17-23)38-3)30(35)31-25-12-9-22(2)28(18-25)40(36,37)34-13-15-39-16-14-34/h4-12,17-18,20H,13-16,19H2,1-3H3,(H,31,35). The first-order valence-corrected chi connectivity index (χ1v) is 14.5. The van der Waals surface area contributed by atoms with Gasteiger partial charge in [-0.25, -0.2) is 8.42 Å². The van der Waals surface area contributed by atoms with Gasteiger partial charge in [-0.05, 0) is 49.2 Å². The normalized spacial score (nSPS) is 14.2. The van der Waals surface area contributed by atoms with Crippen LogP contribution in [0.25, 0.3) is 11.3 Å². The van der Waals surface area contributed by atoms with Gasteiger partial charge in [0, 0.05) is 30.5 Å². The minimum Gasteiger partial charge on any atom is -0.497 e. The van der Waals surface area contributed by atoms with Crippen molar-refractivity contribution in [3.63, 3.8) is 0 Å². The number of anilines is 1. The van der Waals surface area contributed by atoms with Gasteiger partial charge in [0.05, 0.1) is 37.3 Å². The lowest BCUT2D eigenvalue weighted by atomic mass is 10.1. The molecule has 0 radical (unpaired) electrons. The first-order chi connectivity index (χ1) is 19.2. The molecule has 1 amide bonds. The van der Waals surface area contributed by atoms with E-state index >= 15 is 0 Å². The van der Waals surface area contributed by atoms with Crippen LogP contribution in [-0.4, -0.2) is 61.8 Å². The minimum atomic E-state index is -3.73. The number of ether oxygens (including phenoxy) is 2. The summed E-state index contributed by atoms with van der Waals surface area (Å²) in [5.41, 5.74) is 4.78. The number of rotatable bonds is 8. The monoisotopic (exact) mass is 560 g/mol. The van der Waals surface area contributed by atoms with Gasteiger partial charge in [0.2, 0.25) is 10.0 Å². The maximum Gasteiger partial charge on any atom is 0.259 e. The third-order valence-electron chi connectivity index (χ3n) is 6.84. The molecule has 9 nitrogen and oxygen atoms in total. The molecule has 1 aromatic heterocycles. The third kappa shape index (κ3) is 5.94. The fourth-order valence-electron chi connectivity index (χ4n) is 4.63. The van der Waals surface area contributed by atoms with Gasteiger partial charge < -0.3 is 14.8 Å². The summed E-state index contributed by atoms with van der Waals surface area (Å²) in [6.07, 6.45) is 1.71. The number of nitrogens with zero attached hydrogens (tertiary/aromatic N) is 3. The number of methoxy groups -OCH3 is 1. The number of aryl methyl sites for hydroxylation is 2. The first-order valence-electron chi connectivity index (χ1n) is 13.0. The largest absolute Gasteiger partial charge is 0.497 e. The summed E-state index contributed by atoms with van der Waals surface area (Å²) in [7, 11) is -2.11. The minimum absolute atomic E-state index is 0.166. The van der Waals surface area contributed by atoms with E-state index in [4.69, 9.17) is 14.6 Å². The summed E-state index contributed by atoms with van der Waals surface area (Å²) in [6.45, 7) is 5.49. The Labute approximate surface area is 234 Å². The van der Waals surface area contributed by atoms with E-state index in [2.05, 4.69) is 5.32 Å². The number of benzene rings is 3. The van der Waals surface area contributed by atoms with Crippen LogP contribution in [0.4, 0.5) is 5.69 Å². The molecular weight excluding hydrogens is 528 g/mol. The van der Waals surface area contributed by atoms with Crippen LogP contribution in [0.2, 0.25) is 0 Å². The van der Waals surface area contributed by atoms with Gasteiger partial charge in [-0.15, -0.1) is 0 Å². The Kier molecular flexibility index (Phi) is 8.02. The van der Waals surface area contributed by atoms with E-state index in [1.165, 1.54) is 10.4 Å². The molecule has 1 N–H and O–H groups in total. The van der Waals surface area contributed by atoms with Gasteiger partial charge in [-0.2, -0.15) is 9.40 Å². The highest BCUT2D eigenvalue weighted by Crippen LogP contribution is 2.27. The molecule has 3 aromatic carbocycles. The SMILES string of the molecule is COc1cccc(Cn2cc(C(=O)Nc3ccc(C)c(S(=O)(=O)N4CCOCC4)c3)c(-c3ccc(C)cc3)n2)c1. The summed E-state index contributed by atoms with van der Waals surface area (Å²) < 4.78 is 40.5. The molecule has 0 bridgehead atoms. The Hall–Kier alpha value is -3.99. The molecule has 0 unspecified atom stereocenters. The molecule has 1 saturated heterocycles. The smallest absolute Gasteiger partial charge is 0.259 e. The number of carbonyl (C=O) groups is 1. The van der Waals surface area contributed by atoms with Crippen molar-refractivity contribution in [1.82, 2.24) is 14.1 Å². The Balaban J connectivity index is 1.46. The van der Waals surface area contributed by atoms with Gasteiger partial charge in [0.1, 0.15) is 11.4 Å². The van der Waals surface area contributed by atoms with Crippen LogP contribution in [0, 0.1) is 13.8 Å². The second-order valence-corrected chi connectivity index (χ2v) is 11.7. The predicted molar refractivity (Wildman–Crippen MR) is 153 cm³/mol. The maximum absolute atomic E-state index is 13.6. The summed E-state index contributed by atoms with van der Waals surface area (Å²) in [5, 5.41) is 7.65. The van der Waals surface area contributed by atoms with E-state index in [9.17, 15) is 13.2 Å². The Bertz CT molecular complexity index is 1620. The topological polar surface area (TPSA) is 103 Å². The molecule has 1 aliphatic heterocycles. The number of hydrogen-bond acceptors (Lipinski definition) is 6. The Morgan fingerprint density at radius 3 is 2.50 bits per heavy atom. The fourth-order valence-corrected chi connectivity index (χ4v) is 6.29. The summed E-state index contributed by atoms with van der Waals surface area (Å²) >= 11 is 0. The highest BCUT2D eigenvalue weighted by atomic mass is 32.2. The van der Waals surface area contributed by atoms with Crippen molar-refractivity contribution in [3.05, 3.63) is 95.2 Å². The molecule has 1 aliphatic rings. The van der Waals surface area contributed by atoms with E-state index < -0.39 is 10.0 Å². The van der Waals surface area contributed by atoms with Crippen LogP contribution in [0.15, 0.2) is 77.8 Å². The fraction of sp³-hybridized carbons (Fsp3) is 0.267. The van der Waals surface area contributed by atoms with Gasteiger partial charge in [0.15, 0.2) is 0 Å². The highest BCUT2D eigenvalue weighted by molar-refractivity contribution is 7.89. The van der Waals surface area contributed by atoms with E-state index in [0.717, 1.165) is 22.4 Å². The number of aromatic nitrogens is 2. The molecule has 40 heavy (non-hydrogen) atoms. The summed E-state index contributed by atoms with van der Waals surface area (Å²) in [4.78, 5) is 13.8. The first kappa shape index (κ1) is 27.6. The average Bonchev–Trinajstić information content (AvgIpc) is 3.38. The van der Waals surface area contributed by atoms with Crippen LogP contribution in [0.5, 0.6) is 5.75 Å². The second-order valence-electron chi connectivity index (χ2n) is 9.76. The van der Waals surface area contributed by atoms with Crippen LogP contribution >= 0.6 is 0 Å². The quantitative estimate of drug-likeness (QED) is 0.341. The van der Waals surface area contributed by atoms with Crippen LogP contribution < -0.4 is 10.1 Å². The number of nitrogens with one attached hydrogen (secondary N) is 1. The van der Waals surface area contributed by atoms with Crippen molar-refractivity contribution in [1.29, 1.82) is 0 Å². The number of morpholine rings is 1. The number of hydrogen-bond donors (Lipinski definition) is 1. The van der Waals surface area contributed by atoms with Crippen molar-refractivity contribution >= 4 is 21.6 Å². The van der Waals surface area contributed by atoms with E-state index in [1.807, 2.05) is 55.5 Å². The van der Waals surface area contributed by atoms with Crippen LogP contribution in [0.3, 0.4) is 0 Å². The Morgan fingerprint density at radius 1 is 1.02 bits per heavy atom. The van der Waals surface area contributed by atoms with Gasteiger partial charge in [-0.3, -0.25) is 9.48 Å². The number of sulfonamides is 1.